The lowest BCUT2D eigenvalue weighted by atomic mass is 9.89. The van der Waals surface area contributed by atoms with Crippen molar-refractivity contribution >= 4 is 11.3 Å². The highest BCUT2D eigenvalue weighted by molar-refractivity contribution is 7.09. The van der Waals surface area contributed by atoms with Gasteiger partial charge < -0.3 is 4.74 Å². The summed E-state index contributed by atoms with van der Waals surface area (Å²) in [5.41, 5.74) is 0. The summed E-state index contributed by atoms with van der Waals surface area (Å²) in [7, 11) is 0. The van der Waals surface area contributed by atoms with Crippen LogP contribution in [0.2, 0.25) is 0 Å². The molecular formula is C16H26N2OS. The standard InChI is InChI=1S/C16H26N2OS/c1-14(18-8-10-19-11-9-18)15-4-6-17(7-5-15)13-16-3-2-12-20-16/h2-3,12,14-15H,4-11,13H2,1H3/t14-/m0/s1. The van der Waals surface area contributed by atoms with E-state index in [4.69, 9.17) is 4.74 Å². The largest absolute Gasteiger partial charge is 0.379 e. The first kappa shape index (κ1) is 14.5. The molecule has 1 aromatic heterocycles. The molecule has 0 spiro atoms. The maximum atomic E-state index is 5.46. The maximum absolute atomic E-state index is 5.46. The molecule has 1 atom stereocenters. The zero-order chi connectivity index (χ0) is 13.8. The van der Waals surface area contributed by atoms with Gasteiger partial charge in [0.15, 0.2) is 0 Å². The van der Waals surface area contributed by atoms with Crippen molar-refractivity contribution in [3.8, 4) is 0 Å². The van der Waals surface area contributed by atoms with Gasteiger partial charge in [-0.15, -0.1) is 11.3 Å². The van der Waals surface area contributed by atoms with Gasteiger partial charge in [0, 0.05) is 30.6 Å². The summed E-state index contributed by atoms with van der Waals surface area (Å²) >= 11 is 1.88. The van der Waals surface area contributed by atoms with Gasteiger partial charge in [-0.3, -0.25) is 9.80 Å². The summed E-state index contributed by atoms with van der Waals surface area (Å²) in [6, 6.07) is 5.14. The van der Waals surface area contributed by atoms with Gasteiger partial charge >= 0.3 is 0 Å². The lowest BCUT2D eigenvalue weighted by molar-refractivity contribution is -0.00187. The molecule has 0 unspecified atom stereocenters. The zero-order valence-corrected chi connectivity index (χ0v) is 13.3. The van der Waals surface area contributed by atoms with Crippen molar-refractivity contribution in [3.05, 3.63) is 22.4 Å². The molecule has 3 nitrogen and oxygen atoms in total. The number of thiophene rings is 1. The van der Waals surface area contributed by atoms with Gasteiger partial charge in [-0.1, -0.05) is 6.07 Å². The van der Waals surface area contributed by atoms with Gasteiger partial charge in [-0.05, 0) is 50.2 Å². The van der Waals surface area contributed by atoms with E-state index in [2.05, 4.69) is 34.2 Å². The minimum absolute atomic E-state index is 0.725. The fourth-order valence-corrected chi connectivity index (χ4v) is 4.25. The molecule has 0 radical (unpaired) electrons. The smallest absolute Gasteiger partial charge is 0.0594 e. The lowest BCUT2D eigenvalue weighted by Gasteiger charge is -2.41. The molecule has 0 amide bonds. The van der Waals surface area contributed by atoms with E-state index in [1.807, 2.05) is 11.3 Å². The summed E-state index contributed by atoms with van der Waals surface area (Å²) in [6.07, 6.45) is 2.70. The Morgan fingerprint density at radius 2 is 2.00 bits per heavy atom. The molecule has 2 saturated heterocycles. The predicted molar refractivity (Wildman–Crippen MR) is 84.2 cm³/mol. The van der Waals surface area contributed by atoms with E-state index in [0.717, 1.165) is 44.8 Å². The van der Waals surface area contributed by atoms with Crippen molar-refractivity contribution in [2.45, 2.75) is 32.4 Å². The Kier molecular flexibility index (Phi) is 5.10. The topological polar surface area (TPSA) is 15.7 Å². The van der Waals surface area contributed by atoms with E-state index in [0.29, 0.717) is 0 Å². The minimum atomic E-state index is 0.725. The average Bonchev–Trinajstić information content (AvgIpc) is 3.01. The summed E-state index contributed by atoms with van der Waals surface area (Å²) in [5.74, 6) is 0.868. The monoisotopic (exact) mass is 294 g/mol. The second-order valence-corrected chi connectivity index (χ2v) is 7.11. The van der Waals surface area contributed by atoms with Crippen molar-refractivity contribution in [2.24, 2.45) is 5.92 Å². The van der Waals surface area contributed by atoms with E-state index >= 15 is 0 Å². The van der Waals surface area contributed by atoms with E-state index in [1.54, 1.807) is 0 Å². The molecule has 4 heteroatoms. The Labute approximate surface area is 126 Å². The average molecular weight is 294 g/mol. The predicted octanol–water partition coefficient (Wildman–Crippen LogP) is 2.68. The third-order valence-electron chi connectivity index (χ3n) is 4.90. The fraction of sp³-hybridized carbons (Fsp3) is 0.750. The number of hydrogen-bond donors (Lipinski definition) is 0. The maximum Gasteiger partial charge on any atom is 0.0594 e. The van der Waals surface area contributed by atoms with Gasteiger partial charge in [-0.25, -0.2) is 0 Å². The Hall–Kier alpha value is -0.420. The van der Waals surface area contributed by atoms with Crippen LogP contribution in [0, 0.1) is 5.92 Å². The number of morpholine rings is 1. The molecule has 3 rings (SSSR count). The first-order valence-corrected chi connectivity index (χ1v) is 8.77. The highest BCUT2D eigenvalue weighted by Gasteiger charge is 2.28. The fourth-order valence-electron chi connectivity index (χ4n) is 3.50. The molecule has 112 valence electrons. The lowest BCUT2D eigenvalue weighted by Crippen LogP contribution is -2.48. The normalized spacial score (nSPS) is 24.9. The summed E-state index contributed by atoms with van der Waals surface area (Å²) in [4.78, 5) is 6.75. The van der Waals surface area contributed by atoms with Crippen LogP contribution in [0.5, 0.6) is 0 Å². The van der Waals surface area contributed by atoms with E-state index in [1.165, 1.54) is 30.8 Å². The number of nitrogens with zero attached hydrogens (tertiary/aromatic N) is 2. The molecule has 2 fully saturated rings. The number of likely N-dealkylation sites (tertiary alicyclic amines) is 1. The van der Waals surface area contributed by atoms with E-state index in [-0.39, 0.29) is 0 Å². The SMILES string of the molecule is C[C@@H](C1CCN(Cc2cccs2)CC1)N1CCOCC1. The summed E-state index contributed by atoms with van der Waals surface area (Å²) < 4.78 is 5.46. The van der Waals surface area contributed by atoms with E-state index < -0.39 is 0 Å². The second-order valence-electron chi connectivity index (χ2n) is 6.08. The zero-order valence-electron chi connectivity index (χ0n) is 12.5. The minimum Gasteiger partial charge on any atom is -0.379 e. The van der Waals surface area contributed by atoms with Crippen molar-refractivity contribution in [1.29, 1.82) is 0 Å². The molecule has 3 heterocycles. The molecule has 0 N–H and O–H groups in total. The quantitative estimate of drug-likeness (QED) is 0.849. The van der Waals surface area contributed by atoms with Crippen LogP contribution >= 0.6 is 11.3 Å². The molecule has 20 heavy (non-hydrogen) atoms. The number of hydrogen-bond acceptors (Lipinski definition) is 4. The van der Waals surface area contributed by atoms with E-state index in [9.17, 15) is 0 Å². The Morgan fingerprint density at radius 1 is 1.25 bits per heavy atom. The highest BCUT2D eigenvalue weighted by Crippen LogP contribution is 2.26. The third kappa shape index (κ3) is 3.61. The number of rotatable bonds is 4. The van der Waals surface area contributed by atoms with Crippen LogP contribution in [-0.2, 0) is 11.3 Å². The highest BCUT2D eigenvalue weighted by atomic mass is 32.1. The van der Waals surface area contributed by atoms with Crippen LogP contribution in [0.15, 0.2) is 17.5 Å². The van der Waals surface area contributed by atoms with Crippen molar-refractivity contribution in [2.75, 3.05) is 39.4 Å². The molecular weight excluding hydrogens is 268 g/mol. The van der Waals surface area contributed by atoms with Gasteiger partial charge in [0.1, 0.15) is 0 Å². The first-order valence-electron chi connectivity index (χ1n) is 7.89. The number of ether oxygens (including phenoxy) is 1. The van der Waals surface area contributed by atoms with Crippen LogP contribution in [0.4, 0.5) is 0 Å². The third-order valence-corrected chi connectivity index (χ3v) is 5.76. The van der Waals surface area contributed by atoms with Crippen molar-refractivity contribution in [3.63, 3.8) is 0 Å². The van der Waals surface area contributed by atoms with Crippen LogP contribution in [0.25, 0.3) is 0 Å². The molecule has 0 bridgehead atoms. The molecule has 1 aromatic rings. The molecule has 0 aromatic carbocycles. The molecule has 2 aliphatic rings. The molecule has 2 aliphatic heterocycles. The van der Waals surface area contributed by atoms with Gasteiger partial charge in [0.25, 0.3) is 0 Å². The van der Waals surface area contributed by atoms with Crippen molar-refractivity contribution in [1.82, 2.24) is 9.80 Å². The first-order chi connectivity index (χ1) is 9.83. The summed E-state index contributed by atoms with van der Waals surface area (Å²) in [5, 5.41) is 2.18. The second kappa shape index (κ2) is 7.03. The Bertz CT molecular complexity index is 381. The van der Waals surface area contributed by atoms with Crippen LogP contribution in [0.3, 0.4) is 0 Å². The van der Waals surface area contributed by atoms with Crippen LogP contribution < -0.4 is 0 Å². The van der Waals surface area contributed by atoms with Gasteiger partial charge in [0.05, 0.1) is 13.2 Å². The number of piperidine rings is 1. The Morgan fingerprint density at radius 3 is 2.65 bits per heavy atom. The van der Waals surface area contributed by atoms with Crippen molar-refractivity contribution < 1.29 is 4.74 Å². The van der Waals surface area contributed by atoms with Gasteiger partial charge in [-0.2, -0.15) is 0 Å². The van der Waals surface area contributed by atoms with Crippen LogP contribution in [-0.4, -0.2) is 55.2 Å². The van der Waals surface area contributed by atoms with Crippen LogP contribution in [0.1, 0.15) is 24.6 Å². The Balaban J connectivity index is 1.45. The molecule has 0 aliphatic carbocycles. The molecule has 0 saturated carbocycles. The summed E-state index contributed by atoms with van der Waals surface area (Å²) in [6.45, 7) is 10.2. The van der Waals surface area contributed by atoms with Gasteiger partial charge in [0.2, 0.25) is 0 Å².